The van der Waals surface area contributed by atoms with Gasteiger partial charge in [0.1, 0.15) is 0 Å². The molecular formula is C14H10N2Se2. The van der Waals surface area contributed by atoms with Crippen LogP contribution in [0.2, 0.25) is 0 Å². The summed E-state index contributed by atoms with van der Waals surface area (Å²) in [6.07, 6.45) is 0. The number of rotatable bonds is 3. The van der Waals surface area contributed by atoms with Crippen LogP contribution in [0.15, 0.2) is 60.7 Å². The van der Waals surface area contributed by atoms with Crippen molar-refractivity contribution < 1.29 is 0 Å². The number of benzene rings is 2. The van der Waals surface area contributed by atoms with E-state index in [4.69, 9.17) is 0 Å². The molecule has 1 heterocycles. The van der Waals surface area contributed by atoms with Crippen molar-refractivity contribution >= 4 is 37.5 Å². The van der Waals surface area contributed by atoms with Gasteiger partial charge in [-0.15, -0.1) is 0 Å². The van der Waals surface area contributed by atoms with Gasteiger partial charge in [0.25, 0.3) is 0 Å². The summed E-state index contributed by atoms with van der Waals surface area (Å²) in [7, 11) is 0. The van der Waals surface area contributed by atoms with E-state index in [9.17, 15) is 0 Å². The first-order valence-electron chi connectivity index (χ1n) is 5.54. The molecule has 0 aliphatic heterocycles. The summed E-state index contributed by atoms with van der Waals surface area (Å²) in [5.74, 6) is 0. The van der Waals surface area contributed by atoms with Crippen LogP contribution < -0.4 is 7.80 Å². The molecule has 1 aromatic heterocycles. The summed E-state index contributed by atoms with van der Waals surface area (Å²) in [4.78, 5) is 0. The molecule has 0 atom stereocenters. The summed E-state index contributed by atoms with van der Waals surface area (Å²) >= 11 is 0.525. The third kappa shape index (κ3) is 2.63. The van der Waals surface area contributed by atoms with Gasteiger partial charge in [0.2, 0.25) is 0 Å². The van der Waals surface area contributed by atoms with E-state index in [2.05, 4.69) is 63.8 Å². The van der Waals surface area contributed by atoms with Gasteiger partial charge in [0.15, 0.2) is 0 Å². The first-order valence-corrected chi connectivity index (χ1v) is 8.88. The van der Waals surface area contributed by atoms with Gasteiger partial charge in [0, 0.05) is 0 Å². The van der Waals surface area contributed by atoms with E-state index in [1.54, 1.807) is 0 Å². The van der Waals surface area contributed by atoms with Crippen LogP contribution in [0.4, 0.5) is 0 Å². The Kier molecular flexibility index (Phi) is 3.72. The average molecular weight is 364 g/mol. The van der Waals surface area contributed by atoms with Gasteiger partial charge >= 0.3 is 119 Å². The minimum absolute atomic E-state index is 0.182. The number of hydrogen-bond donors (Lipinski definition) is 0. The van der Waals surface area contributed by atoms with Crippen molar-refractivity contribution in [1.29, 1.82) is 0 Å². The molecule has 2 aromatic carbocycles. The predicted molar refractivity (Wildman–Crippen MR) is 75.9 cm³/mol. The maximum atomic E-state index is 4.33. The van der Waals surface area contributed by atoms with Crippen LogP contribution >= 0.6 is 0 Å². The van der Waals surface area contributed by atoms with Crippen molar-refractivity contribution in [1.82, 2.24) is 9.19 Å². The Balaban J connectivity index is 1.93. The normalized spacial score (nSPS) is 10.4. The second-order valence-corrected chi connectivity index (χ2v) is 8.86. The van der Waals surface area contributed by atoms with Crippen molar-refractivity contribution in [3.8, 4) is 11.3 Å². The average Bonchev–Trinajstić information content (AvgIpc) is 2.89. The molecule has 0 aliphatic rings. The first-order chi connectivity index (χ1) is 8.93. The Morgan fingerprint density at radius 3 is 2.22 bits per heavy atom. The van der Waals surface area contributed by atoms with Crippen LogP contribution in [0.5, 0.6) is 0 Å². The summed E-state index contributed by atoms with van der Waals surface area (Å²) in [6, 6.07) is 21.0. The van der Waals surface area contributed by atoms with E-state index in [1.807, 2.05) is 6.07 Å². The Labute approximate surface area is 118 Å². The summed E-state index contributed by atoms with van der Waals surface area (Å²) < 4.78 is 7.06. The molecule has 4 heteroatoms. The molecular weight excluding hydrogens is 354 g/mol. The predicted octanol–water partition coefficient (Wildman–Crippen LogP) is 0.856. The molecule has 88 valence electrons. The van der Waals surface area contributed by atoms with Gasteiger partial charge in [-0.05, 0) is 0 Å². The molecule has 2 nitrogen and oxygen atoms in total. The minimum atomic E-state index is 0.182. The van der Waals surface area contributed by atoms with Gasteiger partial charge in [-0.25, -0.2) is 0 Å². The van der Waals surface area contributed by atoms with Crippen LogP contribution in [0.25, 0.3) is 11.3 Å². The first kappa shape index (κ1) is 11.9. The molecule has 3 aromatic rings. The molecule has 0 amide bonds. The Morgan fingerprint density at radius 2 is 1.50 bits per heavy atom. The van der Waals surface area contributed by atoms with E-state index in [-0.39, 0.29) is 14.7 Å². The molecule has 0 saturated heterocycles. The van der Waals surface area contributed by atoms with Gasteiger partial charge in [-0.1, -0.05) is 0 Å². The van der Waals surface area contributed by atoms with Gasteiger partial charge < -0.3 is 0 Å². The zero-order valence-corrected chi connectivity index (χ0v) is 12.9. The molecule has 0 N–H and O–H groups in total. The van der Waals surface area contributed by atoms with Crippen molar-refractivity contribution in [3.05, 3.63) is 60.7 Å². The van der Waals surface area contributed by atoms with E-state index < -0.39 is 0 Å². The summed E-state index contributed by atoms with van der Waals surface area (Å²) in [5.41, 5.74) is 2.29. The number of aromatic nitrogens is 2. The second-order valence-electron chi connectivity index (χ2n) is 3.69. The monoisotopic (exact) mass is 366 g/mol. The van der Waals surface area contributed by atoms with E-state index >= 15 is 0 Å². The van der Waals surface area contributed by atoms with Crippen LogP contribution in [-0.4, -0.2) is 38.9 Å². The molecule has 0 aliphatic carbocycles. The van der Waals surface area contributed by atoms with Crippen molar-refractivity contribution in [2.75, 3.05) is 0 Å². The Hall–Kier alpha value is -1.18. The molecule has 0 radical (unpaired) electrons. The Morgan fingerprint density at radius 1 is 0.833 bits per heavy atom. The fraction of sp³-hybridized carbons (Fsp3) is 0. The molecule has 0 bridgehead atoms. The fourth-order valence-electron chi connectivity index (χ4n) is 1.62. The number of nitrogens with zero attached hydrogens (tertiary/aromatic N) is 2. The topological polar surface area (TPSA) is 25.8 Å². The van der Waals surface area contributed by atoms with Crippen molar-refractivity contribution in [3.63, 3.8) is 0 Å². The quantitative estimate of drug-likeness (QED) is 0.645. The standard InChI is InChI=1S/C14H10N2Se2/c1-3-7-11(8-4-1)13-14(18-16-15-13)17-12-9-5-2-6-10-12/h1-10H. The van der Waals surface area contributed by atoms with E-state index in [1.165, 1.54) is 13.4 Å². The third-order valence-electron chi connectivity index (χ3n) is 2.46. The molecule has 18 heavy (non-hydrogen) atoms. The molecule has 0 spiro atoms. The SMILES string of the molecule is c1ccc([Se]c2[se]nnc2-c2ccccc2)cc1. The summed E-state index contributed by atoms with van der Waals surface area (Å²) in [6.45, 7) is 0. The maximum absolute atomic E-state index is 4.33. The van der Waals surface area contributed by atoms with Gasteiger partial charge in [-0.2, -0.15) is 0 Å². The molecule has 0 fully saturated rings. The van der Waals surface area contributed by atoms with E-state index in [0.29, 0.717) is 15.0 Å². The van der Waals surface area contributed by atoms with E-state index in [0.717, 1.165) is 5.69 Å². The molecule has 0 saturated carbocycles. The Bertz CT molecular complexity index is 621. The van der Waals surface area contributed by atoms with Crippen LogP contribution in [-0.2, 0) is 0 Å². The van der Waals surface area contributed by atoms with Gasteiger partial charge in [-0.3, -0.25) is 0 Å². The second kappa shape index (κ2) is 5.64. The fourth-order valence-corrected chi connectivity index (χ4v) is 6.04. The number of hydrogen-bond acceptors (Lipinski definition) is 2. The van der Waals surface area contributed by atoms with Crippen LogP contribution in [0.3, 0.4) is 0 Å². The molecule has 0 unspecified atom stereocenters. The zero-order valence-electron chi connectivity index (χ0n) is 9.48. The van der Waals surface area contributed by atoms with Crippen LogP contribution in [0, 0.1) is 0 Å². The van der Waals surface area contributed by atoms with Gasteiger partial charge in [0.05, 0.1) is 0 Å². The zero-order chi connectivity index (χ0) is 12.2. The van der Waals surface area contributed by atoms with Crippen molar-refractivity contribution in [2.24, 2.45) is 0 Å². The van der Waals surface area contributed by atoms with Crippen molar-refractivity contribution in [2.45, 2.75) is 0 Å². The van der Waals surface area contributed by atoms with Crippen LogP contribution in [0.1, 0.15) is 0 Å². The third-order valence-corrected chi connectivity index (χ3v) is 7.14. The molecule has 3 rings (SSSR count). The summed E-state index contributed by atoms with van der Waals surface area (Å²) in [5, 5.41) is 4.33.